The fourth-order valence-electron chi connectivity index (χ4n) is 1.58. The van der Waals surface area contributed by atoms with E-state index in [4.69, 9.17) is 28.9 Å². The number of rotatable bonds is 3. The lowest BCUT2D eigenvalue weighted by atomic mass is 9.81. The highest BCUT2D eigenvalue weighted by atomic mass is 35.5. The largest absolute Gasteiger partial charge is 0.469 e. The highest BCUT2D eigenvalue weighted by Crippen LogP contribution is 2.39. The molecule has 0 bridgehead atoms. The number of nitrogens with two attached hydrogens (primary N) is 1. The fraction of sp³-hybridized carbons (Fsp3) is 0.417. The Balaban J connectivity index is 3.31. The molecule has 1 atom stereocenters. The second-order valence-electron chi connectivity index (χ2n) is 4.45. The van der Waals surface area contributed by atoms with Gasteiger partial charge in [-0.05, 0) is 26.0 Å². The summed E-state index contributed by atoms with van der Waals surface area (Å²) in [5.74, 6) is -1.15. The van der Waals surface area contributed by atoms with E-state index in [0.717, 1.165) is 6.07 Å². The Morgan fingerprint density at radius 1 is 1.44 bits per heavy atom. The van der Waals surface area contributed by atoms with Gasteiger partial charge in [0.05, 0.1) is 22.6 Å². The van der Waals surface area contributed by atoms with Gasteiger partial charge in [0, 0.05) is 11.6 Å². The van der Waals surface area contributed by atoms with Crippen molar-refractivity contribution in [1.29, 1.82) is 0 Å². The maximum Gasteiger partial charge on any atom is 0.313 e. The molecule has 100 valence electrons. The fourth-order valence-corrected chi connectivity index (χ4v) is 2.01. The quantitative estimate of drug-likeness (QED) is 0.687. The van der Waals surface area contributed by atoms with Crippen LogP contribution >= 0.6 is 23.2 Å². The first-order chi connectivity index (χ1) is 8.23. The van der Waals surface area contributed by atoms with Gasteiger partial charge in [0.1, 0.15) is 5.82 Å². The molecular formula is C12H14Cl2FNO2. The molecule has 0 aliphatic rings. The normalized spacial score (nSPS) is 13.3. The van der Waals surface area contributed by atoms with E-state index in [-0.39, 0.29) is 15.6 Å². The minimum Gasteiger partial charge on any atom is -0.469 e. The lowest BCUT2D eigenvalue weighted by molar-refractivity contribution is -0.152. The summed E-state index contributed by atoms with van der Waals surface area (Å²) in [6, 6.07) is 1.54. The Morgan fingerprint density at radius 3 is 2.50 bits per heavy atom. The zero-order valence-corrected chi connectivity index (χ0v) is 11.8. The highest BCUT2D eigenvalue weighted by Gasteiger charge is 2.39. The maximum atomic E-state index is 13.8. The molecule has 0 spiro atoms. The molecule has 1 aromatic carbocycles. The van der Waals surface area contributed by atoms with Crippen molar-refractivity contribution < 1.29 is 13.9 Å². The van der Waals surface area contributed by atoms with Crippen LogP contribution in [0.4, 0.5) is 4.39 Å². The van der Waals surface area contributed by atoms with E-state index in [0.29, 0.717) is 0 Å². The van der Waals surface area contributed by atoms with Crippen LogP contribution in [0.25, 0.3) is 0 Å². The first kappa shape index (κ1) is 15.2. The number of esters is 1. The molecule has 0 radical (unpaired) electrons. The van der Waals surface area contributed by atoms with Crippen LogP contribution in [0.2, 0.25) is 10.0 Å². The van der Waals surface area contributed by atoms with Crippen LogP contribution in [0.5, 0.6) is 0 Å². The van der Waals surface area contributed by atoms with E-state index >= 15 is 0 Å². The Labute approximate surface area is 115 Å². The van der Waals surface area contributed by atoms with Gasteiger partial charge >= 0.3 is 5.97 Å². The SMILES string of the molecule is COC(=O)C(C)(C)[C@@H](N)c1c(F)ccc(Cl)c1Cl. The molecule has 18 heavy (non-hydrogen) atoms. The van der Waals surface area contributed by atoms with Crippen LogP contribution in [-0.2, 0) is 9.53 Å². The molecule has 0 fully saturated rings. The van der Waals surface area contributed by atoms with E-state index in [9.17, 15) is 9.18 Å². The number of carbonyl (C=O) groups excluding carboxylic acids is 1. The van der Waals surface area contributed by atoms with Crippen LogP contribution in [0, 0.1) is 11.2 Å². The molecule has 2 N–H and O–H groups in total. The Bertz CT molecular complexity index is 477. The van der Waals surface area contributed by atoms with Gasteiger partial charge in [0.25, 0.3) is 0 Å². The minimum atomic E-state index is -1.12. The zero-order valence-electron chi connectivity index (χ0n) is 10.3. The van der Waals surface area contributed by atoms with Crippen molar-refractivity contribution in [2.75, 3.05) is 7.11 Å². The number of hydrogen-bond acceptors (Lipinski definition) is 3. The van der Waals surface area contributed by atoms with Crippen molar-refractivity contribution in [2.24, 2.45) is 11.1 Å². The summed E-state index contributed by atoms with van der Waals surface area (Å²) in [4.78, 5) is 11.7. The summed E-state index contributed by atoms with van der Waals surface area (Å²) in [7, 11) is 1.24. The summed E-state index contributed by atoms with van der Waals surface area (Å²) >= 11 is 11.8. The smallest absolute Gasteiger partial charge is 0.313 e. The van der Waals surface area contributed by atoms with Crippen LogP contribution < -0.4 is 5.73 Å². The average molecular weight is 294 g/mol. The Hall–Kier alpha value is -0.840. The van der Waals surface area contributed by atoms with Gasteiger partial charge in [-0.3, -0.25) is 4.79 Å². The minimum absolute atomic E-state index is 0.0135. The number of ether oxygens (including phenoxy) is 1. The lowest BCUT2D eigenvalue weighted by Crippen LogP contribution is -2.38. The molecule has 0 saturated carbocycles. The second-order valence-corrected chi connectivity index (χ2v) is 5.23. The molecule has 6 heteroatoms. The van der Waals surface area contributed by atoms with Crippen molar-refractivity contribution in [3.8, 4) is 0 Å². The van der Waals surface area contributed by atoms with Gasteiger partial charge in [-0.15, -0.1) is 0 Å². The van der Waals surface area contributed by atoms with Gasteiger partial charge in [-0.25, -0.2) is 4.39 Å². The van der Waals surface area contributed by atoms with Gasteiger partial charge < -0.3 is 10.5 Å². The summed E-state index contributed by atoms with van der Waals surface area (Å²) in [5, 5.41) is 0.199. The van der Waals surface area contributed by atoms with Crippen molar-refractivity contribution in [2.45, 2.75) is 19.9 Å². The predicted molar refractivity (Wildman–Crippen MR) is 69.1 cm³/mol. The van der Waals surface area contributed by atoms with Crippen molar-refractivity contribution in [3.63, 3.8) is 0 Å². The second kappa shape index (κ2) is 5.43. The number of methoxy groups -OCH3 is 1. The zero-order chi connectivity index (χ0) is 14.1. The molecule has 0 heterocycles. The molecule has 0 aromatic heterocycles. The summed E-state index contributed by atoms with van der Waals surface area (Å²) in [5.41, 5.74) is 4.83. The number of benzene rings is 1. The number of halogens is 3. The molecule has 0 aliphatic heterocycles. The highest BCUT2D eigenvalue weighted by molar-refractivity contribution is 6.42. The third kappa shape index (κ3) is 2.60. The molecular weight excluding hydrogens is 280 g/mol. The molecule has 1 rings (SSSR count). The van der Waals surface area contributed by atoms with E-state index < -0.39 is 23.2 Å². The number of hydrogen-bond donors (Lipinski definition) is 1. The van der Waals surface area contributed by atoms with Gasteiger partial charge in [-0.1, -0.05) is 23.2 Å². The Kier molecular flexibility index (Phi) is 4.59. The van der Waals surface area contributed by atoms with Crippen molar-refractivity contribution in [1.82, 2.24) is 0 Å². The predicted octanol–water partition coefficient (Wildman–Crippen LogP) is 3.33. The molecule has 3 nitrogen and oxygen atoms in total. The van der Waals surface area contributed by atoms with Crippen LogP contribution in [0.3, 0.4) is 0 Å². The van der Waals surface area contributed by atoms with Gasteiger partial charge in [0.2, 0.25) is 0 Å². The van der Waals surface area contributed by atoms with E-state index in [1.165, 1.54) is 13.2 Å². The van der Waals surface area contributed by atoms with Crippen LogP contribution in [0.15, 0.2) is 12.1 Å². The molecule has 0 aliphatic carbocycles. The third-order valence-corrected chi connectivity index (χ3v) is 3.70. The van der Waals surface area contributed by atoms with Crippen molar-refractivity contribution in [3.05, 3.63) is 33.6 Å². The number of carbonyl (C=O) groups is 1. The van der Waals surface area contributed by atoms with E-state index in [1.807, 2.05) is 0 Å². The molecule has 0 saturated heterocycles. The summed E-state index contributed by atoms with van der Waals surface area (Å²) in [6.07, 6.45) is 0. The van der Waals surface area contributed by atoms with Gasteiger partial charge in [0.15, 0.2) is 0 Å². The van der Waals surface area contributed by atoms with E-state index in [1.54, 1.807) is 13.8 Å². The van der Waals surface area contributed by atoms with Gasteiger partial charge in [-0.2, -0.15) is 0 Å². The van der Waals surface area contributed by atoms with Crippen LogP contribution in [0.1, 0.15) is 25.5 Å². The van der Waals surface area contributed by atoms with Crippen molar-refractivity contribution >= 4 is 29.2 Å². The molecule has 0 amide bonds. The monoisotopic (exact) mass is 293 g/mol. The maximum absolute atomic E-state index is 13.8. The Morgan fingerprint density at radius 2 is 2.00 bits per heavy atom. The van der Waals surface area contributed by atoms with E-state index in [2.05, 4.69) is 4.74 Å². The molecule has 1 aromatic rings. The molecule has 0 unspecified atom stereocenters. The standard InChI is InChI=1S/C12H14Cl2FNO2/c1-12(2,11(17)18-3)10(16)8-7(15)5-4-6(13)9(8)14/h4-5,10H,16H2,1-3H3/t10-/m0/s1. The summed E-state index contributed by atoms with van der Waals surface area (Å²) < 4.78 is 18.5. The topological polar surface area (TPSA) is 52.3 Å². The van der Waals surface area contributed by atoms with Crippen LogP contribution in [-0.4, -0.2) is 13.1 Å². The summed E-state index contributed by atoms with van der Waals surface area (Å²) in [6.45, 7) is 3.11. The first-order valence-corrected chi connectivity index (χ1v) is 5.96. The average Bonchev–Trinajstić information content (AvgIpc) is 2.33. The third-order valence-electron chi connectivity index (χ3n) is 2.88. The lowest BCUT2D eigenvalue weighted by Gasteiger charge is -2.29. The first-order valence-electron chi connectivity index (χ1n) is 5.20.